The highest BCUT2D eigenvalue weighted by Gasteiger charge is 2.22. The third-order valence-electron chi connectivity index (χ3n) is 6.00. The summed E-state index contributed by atoms with van der Waals surface area (Å²) < 4.78 is 3.12. The molecule has 0 spiro atoms. The zero-order chi connectivity index (χ0) is 25.6. The van der Waals surface area contributed by atoms with E-state index in [1.165, 1.54) is 11.9 Å². The Bertz CT molecular complexity index is 983. The molecule has 0 aromatic heterocycles. The SMILES string of the molecule is NCCC(=O)Nc1cccc(SNCC(=O)N2CCC(CCNC(=O)NCc3ccccc3)CC2)c1. The maximum atomic E-state index is 12.6. The average Bonchev–Trinajstić information content (AvgIpc) is 2.89. The van der Waals surface area contributed by atoms with Crippen LogP contribution >= 0.6 is 11.9 Å². The van der Waals surface area contributed by atoms with Crippen LogP contribution in [-0.2, 0) is 16.1 Å². The zero-order valence-electron chi connectivity index (χ0n) is 20.5. The molecule has 0 saturated carbocycles. The fourth-order valence-electron chi connectivity index (χ4n) is 3.99. The Kier molecular flexibility index (Phi) is 11.6. The van der Waals surface area contributed by atoms with Crippen molar-refractivity contribution in [2.24, 2.45) is 11.7 Å². The Morgan fingerprint density at radius 3 is 2.53 bits per heavy atom. The van der Waals surface area contributed by atoms with Gasteiger partial charge in [0, 0.05) is 49.7 Å². The van der Waals surface area contributed by atoms with Crippen LogP contribution in [0.3, 0.4) is 0 Å². The summed E-state index contributed by atoms with van der Waals surface area (Å²) in [6.45, 7) is 3.16. The Morgan fingerprint density at radius 1 is 1.00 bits per heavy atom. The van der Waals surface area contributed by atoms with Crippen LogP contribution in [0.2, 0.25) is 0 Å². The van der Waals surface area contributed by atoms with Gasteiger partial charge in [-0.2, -0.15) is 0 Å². The lowest BCUT2D eigenvalue weighted by atomic mass is 9.93. The molecule has 1 fully saturated rings. The number of piperidine rings is 1. The summed E-state index contributed by atoms with van der Waals surface area (Å²) >= 11 is 1.36. The van der Waals surface area contributed by atoms with Crippen LogP contribution in [0.4, 0.5) is 10.5 Å². The minimum atomic E-state index is -0.154. The first kappa shape index (κ1) is 27.5. The molecule has 9 nitrogen and oxygen atoms in total. The third-order valence-corrected chi connectivity index (χ3v) is 6.78. The maximum absolute atomic E-state index is 12.6. The van der Waals surface area contributed by atoms with Gasteiger partial charge >= 0.3 is 6.03 Å². The molecular formula is C26H36N6O3S. The van der Waals surface area contributed by atoms with Crippen molar-refractivity contribution in [1.29, 1.82) is 0 Å². The third kappa shape index (κ3) is 9.88. The monoisotopic (exact) mass is 512 g/mol. The van der Waals surface area contributed by atoms with Crippen LogP contribution in [0.5, 0.6) is 0 Å². The van der Waals surface area contributed by atoms with Gasteiger partial charge in [0.2, 0.25) is 11.8 Å². The summed E-state index contributed by atoms with van der Waals surface area (Å²) in [5.74, 6) is 0.461. The van der Waals surface area contributed by atoms with Gasteiger partial charge < -0.3 is 26.6 Å². The van der Waals surface area contributed by atoms with Crippen molar-refractivity contribution < 1.29 is 14.4 Å². The second kappa shape index (κ2) is 15.1. The first-order chi connectivity index (χ1) is 17.5. The fourth-order valence-corrected chi connectivity index (χ4v) is 4.68. The molecule has 4 amide bonds. The van der Waals surface area contributed by atoms with Gasteiger partial charge in [-0.25, -0.2) is 4.79 Å². The topological polar surface area (TPSA) is 129 Å². The Labute approximate surface area is 217 Å². The number of nitrogens with zero attached hydrogens (tertiary/aromatic N) is 1. The van der Waals surface area contributed by atoms with Gasteiger partial charge in [-0.15, -0.1) is 0 Å². The molecule has 3 rings (SSSR count). The minimum absolute atomic E-state index is 0.0757. The molecule has 36 heavy (non-hydrogen) atoms. The van der Waals surface area contributed by atoms with E-state index in [9.17, 15) is 14.4 Å². The Morgan fingerprint density at radius 2 is 1.78 bits per heavy atom. The van der Waals surface area contributed by atoms with Crippen molar-refractivity contribution in [1.82, 2.24) is 20.3 Å². The van der Waals surface area contributed by atoms with Crippen molar-refractivity contribution in [3.63, 3.8) is 0 Å². The molecule has 2 aromatic carbocycles. The van der Waals surface area contributed by atoms with Crippen molar-refractivity contribution >= 4 is 35.5 Å². The minimum Gasteiger partial charge on any atom is -0.342 e. The second-order valence-electron chi connectivity index (χ2n) is 8.75. The summed E-state index contributed by atoms with van der Waals surface area (Å²) in [7, 11) is 0. The lowest BCUT2D eigenvalue weighted by Gasteiger charge is -2.32. The number of anilines is 1. The first-order valence-electron chi connectivity index (χ1n) is 12.4. The van der Waals surface area contributed by atoms with Gasteiger partial charge in [-0.3, -0.25) is 14.3 Å². The van der Waals surface area contributed by atoms with Gasteiger partial charge in [0.15, 0.2) is 0 Å². The number of nitrogens with one attached hydrogen (secondary N) is 4. The van der Waals surface area contributed by atoms with Crippen molar-refractivity contribution in [2.45, 2.75) is 37.1 Å². The molecule has 1 saturated heterocycles. The van der Waals surface area contributed by atoms with Gasteiger partial charge in [0.1, 0.15) is 0 Å². The van der Waals surface area contributed by atoms with Crippen LogP contribution in [0.15, 0.2) is 59.5 Å². The number of rotatable bonds is 12. The lowest BCUT2D eigenvalue weighted by Crippen LogP contribution is -2.42. The predicted molar refractivity (Wildman–Crippen MR) is 143 cm³/mol. The van der Waals surface area contributed by atoms with Crippen LogP contribution in [0.25, 0.3) is 0 Å². The Balaban J connectivity index is 1.27. The molecule has 0 radical (unpaired) electrons. The summed E-state index contributed by atoms with van der Waals surface area (Å²) in [5, 5.41) is 8.61. The number of hydrogen-bond acceptors (Lipinski definition) is 6. The Hall–Kier alpha value is -3.08. The number of benzene rings is 2. The molecule has 10 heteroatoms. The molecule has 1 heterocycles. The summed E-state index contributed by atoms with van der Waals surface area (Å²) in [5.41, 5.74) is 7.18. The van der Waals surface area contributed by atoms with Gasteiger partial charge in [-0.05, 0) is 60.9 Å². The number of hydrogen-bond donors (Lipinski definition) is 5. The van der Waals surface area contributed by atoms with Crippen molar-refractivity contribution in [3.8, 4) is 0 Å². The zero-order valence-corrected chi connectivity index (χ0v) is 21.3. The molecule has 0 unspecified atom stereocenters. The fraction of sp³-hybridized carbons (Fsp3) is 0.423. The molecule has 1 aliphatic heterocycles. The molecular weight excluding hydrogens is 476 g/mol. The smallest absolute Gasteiger partial charge is 0.315 e. The van der Waals surface area contributed by atoms with Gasteiger partial charge in [-0.1, -0.05) is 36.4 Å². The molecule has 6 N–H and O–H groups in total. The van der Waals surface area contributed by atoms with E-state index in [1.807, 2.05) is 59.5 Å². The quantitative estimate of drug-likeness (QED) is 0.278. The highest BCUT2D eigenvalue weighted by molar-refractivity contribution is 7.97. The molecule has 0 atom stereocenters. The van der Waals surface area contributed by atoms with E-state index >= 15 is 0 Å². The molecule has 1 aliphatic rings. The maximum Gasteiger partial charge on any atom is 0.315 e. The van der Waals surface area contributed by atoms with Crippen LogP contribution in [0, 0.1) is 5.92 Å². The summed E-state index contributed by atoms with van der Waals surface area (Å²) in [6.07, 6.45) is 3.07. The van der Waals surface area contributed by atoms with Gasteiger partial charge in [0.05, 0.1) is 6.54 Å². The number of nitrogens with two attached hydrogens (primary N) is 1. The summed E-state index contributed by atoms with van der Waals surface area (Å²) in [6, 6.07) is 17.1. The van der Waals surface area contributed by atoms with Crippen molar-refractivity contribution in [3.05, 3.63) is 60.2 Å². The molecule has 2 aromatic rings. The van der Waals surface area contributed by atoms with E-state index in [-0.39, 0.29) is 30.8 Å². The molecule has 0 aliphatic carbocycles. The van der Waals surface area contributed by atoms with Crippen LogP contribution in [0.1, 0.15) is 31.2 Å². The van der Waals surface area contributed by atoms with E-state index in [0.29, 0.717) is 31.2 Å². The van der Waals surface area contributed by atoms with E-state index < -0.39 is 0 Å². The van der Waals surface area contributed by atoms with E-state index in [1.54, 1.807) is 0 Å². The van der Waals surface area contributed by atoms with Gasteiger partial charge in [0.25, 0.3) is 0 Å². The van der Waals surface area contributed by atoms with E-state index in [4.69, 9.17) is 5.73 Å². The van der Waals surface area contributed by atoms with Crippen molar-refractivity contribution in [2.75, 3.05) is 38.0 Å². The number of carbonyl (C=O) groups excluding carboxylic acids is 3. The number of carbonyl (C=O) groups is 3. The highest BCUT2D eigenvalue weighted by Crippen LogP contribution is 2.21. The summed E-state index contributed by atoms with van der Waals surface area (Å²) in [4.78, 5) is 39.1. The standard InChI is InChI=1S/C26H36N6O3S/c27-13-9-24(33)31-22-7-4-8-23(17-22)36-30-19-25(34)32-15-11-20(12-16-32)10-14-28-26(35)29-18-21-5-2-1-3-6-21/h1-8,17,20,30H,9-16,18-19,27H2,(H,31,33)(H2,28,29,35). The highest BCUT2D eigenvalue weighted by atomic mass is 32.2. The predicted octanol–water partition coefficient (Wildman–Crippen LogP) is 2.70. The molecule has 0 bridgehead atoms. The van der Waals surface area contributed by atoms with E-state index in [0.717, 1.165) is 42.8 Å². The average molecular weight is 513 g/mol. The lowest BCUT2D eigenvalue weighted by molar-refractivity contribution is -0.131. The number of likely N-dealkylation sites (tertiary alicyclic amines) is 1. The van der Waals surface area contributed by atoms with Crippen LogP contribution in [-0.4, -0.2) is 55.5 Å². The largest absolute Gasteiger partial charge is 0.342 e. The first-order valence-corrected chi connectivity index (χ1v) is 13.2. The normalized spacial score (nSPS) is 13.8. The van der Waals surface area contributed by atoms with Crippen LogP contribution < -0.4 is 26.4 Å². The number of amides is 4. The van der Waals surface area contributed by atoms with E-state index in [2.05, 4.69) is 20.7 Å². The second-order valence-corrected chi connectivity index (χ2v) is 9.71. The molecule has 194 valence electrons. The number of urea groups is 1.